The molecule has 3 rings (SSSR count). The molecule has 0 saturated heterocycles. The van der Waals surface area contributed by atoms with Gasteiger partial charge in [0.05, 0.1) is 0 Å². The van der Waals surface area contributed by atoms with Crippen molar-refractivity contribution in [2.75, 3.05) is 6.54 Å². The third kappa shape index (κ3) is 8.47. The average Bonchev–Trinajstić information content (AvgIpc) is 3.69. The molecular weight excluding hydrogens is 494 g/mol. The van der Waals surface area contributed by atoms with E-state index in [1.54, 1.807) is 49.9 Å². The van der Waals surface area contributed by atoms with E-state index in [2.05, 4.69) is 17.6 Å². The number of amides is 3. The van der Waals surface area contributed by atoms with Gasteiger partial charge in [-0.3, -0.25) is 9.59 Å². The fraction of sp³-hybridized carbons (Fsp3) is 0.516. The van der Waals surface area contributed by atoms with Crippen LogP contribution in [0.25, 0.3) is 0 Å². The second-order valence-corrected chi connectivity index (χ2v) is 11.4. The number of phenolic OH excluding ortho intramolecular Hbond substituents is 1. The minimum Gasteiger partial charge on any atom is -0.508 e. The monoisotopic (exact) mass is 537 g/mol. The van der Waals surface area contributed by atoms with Gasteiger partial charge in [-0.2, -0.15) is 0 Å². The van der Waals surface area contributed by atoms with Crippen LogP contribution in [0, 0.1) is 13.8 Å². The minimum atomic E-state index is -0.971. The fourth-order valence-corrected chi connectivity index (χ4v) is 4.54. The van der Waals surface area contributed by atoms with Gasteiger partial charge in [-0.25, -0.2) is 4.79 Å². The van der Waals surface area contributed by atoms with Gasteiger partial charge in [0.2, 0.25) is 11.8 Å². The standard InChI is InChI=1S/C31H43N3O5/c1-7-8-18-32-28(36)27(25-11-9-10-20(2)21(25)3)34(23-14-15-23)29(37)26(33-30(38)39-31(4,5)6)19-22-12-16-24(35)17-13-22/h9-13,16-17,23,26-27,35H,7-8,14-15,18-19H2,1-6H3,(H,32,36)(H,33,38). The van der Waals surface area contributed by atoms with Crippen molar-refractivity contribution in [1.29, 1.82) is 0 Å². The van der Waals surface area contributed by atoms with Crippen LogP contribution in [0.2, 0.25) is 0 Å². The zero-order valence-corrected chi connectivity index (χ0v) is 24.0. The summed E-state index contributed by atoms with van der Waals surface area (Å²) in [7, 11) is 0. The van der Waals surface area contributed by atoms with Gasteiger partial charge in [0.15, 0.2) is 0 Å². The molecule has 39 heavy (non-hydrogen) atoms. The van der Waals surface area contributed by atoms with Crippen LogP contribution in [0.15, 0.2) is 42.5 Å². The van der Waals surface area contributed by atoms with Crippen LogP contribution < -0.4 is 10.6 Å². The molecule has 1 aliphatic carbocycles. The highest BCUT2D eigenvalue weighted by molar-refractivity contribution is 5.93. The summed E-state index contributed by atoms with van der Waals surface area (Å²) in [6, 6.07) is 10.4. The maximum atomic E-state index is 14.4. The first kappa shape index (κ1) is 30.0. The molecule has 1 saturated carbocycles. The van der Waals surface area contributed by atoms with Crippen LogP contribution >= 0.6 is 0 Å². The Balaban J connectivity index is 2.02. The van der Waals surface area contributed by atoms with Gasteiger partial charge in [-0.15, -0.1) is 0 Å². The van der Waals surface area contributed by atoms with Crippen LogP contribution in [0.5, 0.6) is 5.75 Å². The summed E-state index contributed by atoms with van der Waals surface area (Å²) < 4.78 is 5.48. The van der Waals surface area contributed by atoms with Crippen LogP contribution in [0.3, 0.4) is 0 Å². The van der Waals surface area contributed by atoms with Crippen LogP contribution in [0.4, 0.5) is 4.79 Å². The summed E-state index contributed by atoms with van der Waals surface area (Å²) in [6.07, 6.45) is 2.83. The Hall–Kier alpha value is -3.55. The zero-order chi connectivity index (χ0) is 28.7. The Morgan fingerprint density at radius 1 is 1.08 bits per heavy atom. The van der Waals surface area contributed by atoms with E-state index in [1.165, 1.54) is 0 Å². The van der Waals surface area contributed by atoms with Crippen molar-refractivity contribution in [3.05, 3.63) is 64.7 Å². The maximum Gasteiger partial charge on any atom is 0.408 e. The fourth-order valence-electron chi connectivity index (χ4n) is 4.54. The summed E-state index contributed by atoms with van der Waals surface area (Å²) in [5.41, 5.74) is 2.79. The first-order valence-electron chi connectivity index (χ1n) is 13.8. The molecule has 8 nitrogen and oxygen atoms in total. The summed E-state index contributed by atoms with van der Waals surface area (Å²) in [4.78, 5) is 42.6. The number of hydrogen-bond acceptors (Lipinski definition) is 5. The number of nitrogens with one attached hydrogen (secondary N) is 2. The third-order valence-electron chi connectivity index (χ3n) is 6.86. The molecule has 3 N–H and O–H groups in total. The maximum absolute atomic E-state index is 14.4. The van der Waals surface area contributed by atoms with E-state index in [0.29, 0.717) is 6.54 Å². The van der Waals surface area contributed by atoms with Crippen LogP contribution in [-0.4, -0.2) is 52.1 Å². The van der Waals surface area contributed by atoms with E-state index in [4.69, 9.17) is 4.74 Å². The number of carbonyl (C=O) groups is 3. The molecule has 0 bridgehead atoms. The quantitative estimate of drug-likeness (QED) is 0.346. The second-order valence-electron chi connectivity index (χ2n) is 11.4. The Morgan fingerprint density at radius 3 is 2.33 bits per heavy atom. The summed E-state index contributed by atoms with van der Waals surface area (Å²) >= 11 is 0. The van der Waals surface area contributed by atoms with Gasteiger partial charge in [-0.1, -0.05) is 43.7 Å². The van der Waals surface area contributed by atoms with Crippen molar-refractivity contribution in [1.82, 2.24) is 15.5 Å². The Kier molecular flexibility index (Phi) is 10.0. The molecule has 0 radical (unpaired) electrons. The van der Waals surface area contributed by atoms with E-state index in [1.807, 2.05) is 32.0 Å². The SMILES string of the molecule is CCCCNC(=O)C(c1cccc(C)c1C)N(C(=O)C(Cc1ccc(O)cc1)NC(=O)OC(C)(C)C)C1CC1. The molecule has 2 aromatic rings. The Morgan fingerprint density at radius 2 is 1.74 bits per heavy atom. The highest BCUT2D eigenvalue weighted by Gasteiger charge is 2.44. The van der Waals surface area contributed by atoms with E-state index in [0.717, 1.165) is 47.9 Å². The molecule has 2 atom stereocenters. The first-order chi connectivity index (χ1) is 18.4. The van der Waals surface area contributed by atoms with Crippen molar-refractivity contribution in [2.45, 2.75) is 97.4 Å². The topological polar surface area (TPSA) is 108 Å². The predicted molar refractivity (Wildman–Crippen MR) is 151 cm³/mol. The van der Waals surface area contributed by atoms with Crippen molar-refractivity contribution < 1.29 is 24.2 Å². The number of unbranched alkanes of at least 4 members (excludes halogenated alkanes) is 1. The van der Waals surface area contributed by atoms with Crippen molar-refractivity contribution in [2.24, 2.45) is 0 Å². The number of phenols is 1. The molecule has 2 unspecified atom stereocenters. The number of ether oxygens (including phenoxy) is 1. The lowest BCUT2D eigenvalue weighted by atomic mass is 9.94. The molecule has 0 heterocycles. The molecule has 8 heteroatoms. The largest absolute Gasteiger partial charge is 0.508 e. The number of hydrogen-bond donors (Lipinski definition) is 3. The van der Waals surface area contributed by atoms with Crippen molar-refractivity contribution >= 4 is 17.9 Å². The van der Waals surface area contributed by atoms with Gasteiger partial charge in [0.1, 0.15) is 23.4 Å². The smallest absolute Gasteiger partial charge is 0.408 e. The van der Waals surface area contributed by atoms with E-state index < -0.39 is 23.8 Å². The average molecular weight is 538 g/mol. The van der Waals surface area contributed by atoms with Crippen LogP contribution in [0.1, 0.15) is 81.7 Å². The van der Waals surface area contributed by atoms with Crippen LogP contribution in [-0.2, 0) is 20.7 Å². The molecule has 3 amide bonds. The summed E-state index contributed by atoms with van der Waals surface area (Å²) in [5.74, 6) is -0.453. The molecule has 0 spiro atoms. The number of alkyl carbamates (subject to hydrolysis) is 1. The number of benzene rings is 2. The first-order valence-corrected chi connectivity index (χ1v) is 13.8. The highest BCUT2D eigenvalue weighted by atomic mass is 16.6. The number of carbonyl (C=O) groups excluding carboxylic acids is 3. The predicted octanol–water partition coefficient (Wildman–Crippen LogP) is 5.09. The van der Waals surface area contributed by atoms with Gasteiger partial charge in [0, 0.05) is 19.0 Å². The zero-order valence-electron chi connectivity index (χ0n) is 24.0. The Labute approximate surface area is 232 Å². The lowest BCUT2D eigenvalue weighted by Gasteiger charge is -2.35. The molecular formula is C31H43N3O5. The molecule has 0 aliphatic heterocycles. The molecule has 0 aromatic heterocycles. The minimum absolute atomic E-state index is 0.109. The summed E-state index contributed by atoms with van der Waals surface area (Å²) in [6.45, 7) is 11.8. The van der Waals surface area contributed by atoms with E-state index >= 15 is 0 Å². The van der Waals surface area contributed by atoms with Crippen molar-refractivity contribution in [3.63, 3.8) is 0 Å². The Bertz CT molecular complexity index is 1150. The van der Waals surface area contributed by atoms with Gasteiger partial charge in [-0.05, 0) is 88.3 Å². The lowest BCUT2D eigenvalue weighted by molar-refractivity contribution is -0.143. The molecule has 1 aliphatic rings. The lowest BCUT2D eigenvalue weighted by Crippen LogP contribution is -2.54. The van der Waals surface area contributed by atoms with Gasteiger partial charge in [0.25, 0.3) is 0 Å². The van der Waals surface area contributed by atoms with Gasteiger partial charge < -0.3 is 25.4 Å². The number of aryl methyl sites for hydroxylation is 1. The van der Waals surface area contributed by atoms with Crippen molar-refractivity contribution in [3.8, 4) is 5.75 Å². The third-order valence-corrected chi connectivity index (χ3v) is 6.86. The number of rotatable bonds is 11. The number of nitrogens with zero attached hydrogens (tertiary/aromatic N) is 1. The van der Waals surface area contributed by atoms with Gasteiger partial charge >= 0.3 is 6.09 Å². The second kappa shape index (κ2) is 13.0. The normalized spacial score (nSPS) is 14.7. The molecule has 2 aromatic carbocycles. The number of aromatic hydroxyl groups is 1. The highest BCUT2D eigenvalue weighted by Crippen LogP contribution is 2.37. The van der Waals surface area contributed by atoms with E-state index in [-0.39, 0.29) is 30.0 Å². The summed E-state index contributed by atoms with van der Waals surface area (Å²) in [5, 5.41) is 15.5. The molecule has 1 fully saturated rings. The molecule has 212 valence electrons. The van der Waals surface area contributed by atoms with E-state index in [9.17, 15) is 19.5 Å².